The van der Waals surface area contributed by atoms with Crippen LogP contribution in [0.1, 0.15) is 99.3 Å². The zero-order chi connectivity index (χ0) is 21.3. The molecule has 0 radical (unpaired) electrons. The zero-order valence-electron chi connectivity index (χ0n) is 18.3. The number of hydrogen-bond donors (Lipinski definition) is 0. The van der Waals surface area contributed by atoms with Crippen LogP contribution < -0.4 is 0 Å². The number of unbranched alkanes of at least 4 members (excludes halogenated alkanes) is 8. The van der Waals surface area contributed by atoms with Gasteiger partial charge in [-0.25, -0.2) is 9.59 Å². The smallest absolute Gasteiger partial charge is 0.339 e. The van der Waals surface area contributed by atoms with Gasteiger partial charge in [0.2, 0.25) is 0 Å². The second-order valence-electron chi connectivity index (χ2n) is 7.69. The molecule has 0 amide bonds. The Kier molecular flexibility index (Phi) is 13.3. The summed E-state index contributed by atoms with van der Waals surface area (Å²) in [6.07, 6.45) is 11.0. The van der Waals surface area contributed by atoms with Crippen LogP contribution in [-0.4, -0.2) is 25.2 Å². The van der Waals surface area contributed by atoms with Crippen LogP contribution in [0.25, 0.3) is 0 Å². The molecule has 1 aromatic carbocycles. The van der Waals surface area contributed by atoms with E-state index in [4.69, 9.17) is 9.47 Å². The Labute approximate surface area is 176 Å². The molecule has 4 nitrogen and oxygen atoms in total. The lowest BCUT2D eigenvalue weighted by Gasteiger charge is -2.10. The summed E-state index contributed by atoms with van der Waals surface area (Å²) < 4.78 is 10.4. The van der Waals surface area contributed by atoms with E-state index < -0.39 is 11.9 Å². The lowest BCUT2D eigenvalue weighted by Crippen LogP contribution is -2.16. The van der Waals surface area contributed by atoms with Crippen LogP contribution in [0, 0.1) is 17.8 Å². The van der Waals surface area contributed by atoms with Gasteiger partial charge in [0.1, 0.15) is 0 Å². The van der Waals surface area contributed by atoms with Crippen LogP contribution in [0.2, 0.25) is 0 Å². The molecular weight excluding hydrogens is 364 g/mol. The first kappa shape index (κ1) is 24.8. The maximum Gasteiger partial charge on any atom is 0.339 e. The van der Waals surface area contributed by atoms with Crippen molar-refractivity contribution in [2.75, 3.05) is 13.2 Å². The third-order valence-corrected chi connectivity index (χ3v) is 4.47. The number of benzene rings is 1. The van der Waals surface area contributed by atoms with Crippen LogP contribution in [-0.2, 0) is 9.47 Å². The van der Waals surface area contributed by atoms with Crippen molar-refractivity contribution in [3.05, 3.63) is 35.4 Å². The van der Waals surface area contributed by atoms with Crippen LogP contribution in [0.3, 0.4) is 0 Å². The molecule has 0 fully saturated rings. The zero-order valence-corrected chi connectivity index (χ0v) is 18.3. The maximum absolute atomic E-state index is 12.3. The van der Waals surface area contributed by atoms with Crippen LogP contribution in [0.4, 0.5) is 0 Å². The predicted octanol–water partition coefficient (Wildman–Crippen LogP) is 6.19. The number of hydrogen-bond acceptors (Lipinski definition) is 4. The van der Waals surface area contributed by atoms with Crippen LogP contribution in [0.5, 0.6) is 0 Å². The Morgan fingerprint density at radius 2 is 1.38 bits per heavy atom. The van der Waals surface area contributed by atoms with E-state index in [1.54, 1.807) is 24.3 Å². The Morgan fingerprint density at radius 1 is 0.828 bits per heavy atom. The minimum absolute atomic E-state index is 0.0330. The Bertz CT molecular complexity index is 667. The highest BCUT2D eigenvalue weighted by Crippen LogP contribution is 2.13. The molecule has 0 heterocycles. The van der Waals surface area contributed by atoms with E-state index in [9.17, 15) is 9.59 Å². The molecule has 0 N–H and O–H groups in total. The Balaban J connectivity index is 2.30. The standard InChI is InChI=1S/C25H36O4/c1-4-5-6-7-8-9-10-11-12-13-16-19-28-24(26)22-17-14-15-18-23(22)25(27)29-20-21(2)3/h14-15,17-18,21H,4-12,19-20H2,1-3H3. The van der Waals surface area contributed by atoms with E-state index in [0.29, 0.717) is 6.61 Å². The van der Waals surface area contributed by atoms with Gasteiger partial charge in [-0.05, 0) is 24.5 Å². The lowest BCUT2D eigenvalue weighted by molar-refractivity contribution is 0.0440. The SMILES string of the molecule is CCCCCCCCCCC#CCOC(=O)c1ccccc1C(=O)OCC(C)C. The molecule has 0 aliphatic carbocycles. The summed E-state index contributed by atoms with van der Waals surface area (Å²) >= 11 is 0. The van der Waals surface area contributed by atoms with Gasteiger partial charge in [0.05, 0.1) is 17.7 Å². The number of carbonyl (C=O) groups excluding carboxylic acids is 2. The van der Waals surface area contributed by atoms with Gasteiger partial charge >= 0.3 is 11.9 Å². The van der Waals surface area contributed by atoms with Crippen molar-refractivity contribution in [2.45, 2.75) is 78.6 Å². The van der Waals surface area contributed by atoms with E-state index in [0.717, 1.165) is 12.8 Å². The average molecular weight is 401 g/mol. The first-order valence-corrected chi connectivity index (χ1v) is 10.9. The number of carbonyl (C=O) groups is 2. The van der Waals surface area contributed by atoms with Crippen molar-refractivity contribution in [3.8, 4) is 11.8 Å². The van der Waals surface area contributed by atoms with Crippen molar-refractivity contribution in [1.82, 2.24) is 0 Å². The molecule has 0 aliphatic rings. The maximum atomic E-state index is 12.3. The highest BCUT2D eigenvalue weighted by atomic mass is 16.5. The highest BCUT2D eigenvalue weighted by Gasteiger charge is 2.18. The number of esters is 2. The molecule has 0 saturated carbocycles. The van der Waals surface area contributed by atoms with E-state index >= 15 is 0 Å². The normalized spacial score (nSPS) is 10.3. The van der Waals surface area contributed by atoms with Gasteiger partial charge in [-0.15, -0.1) is 0 Å². The van der Waals surface area contributed by atoms with Crippen molar-refractivity contribution in [3.63, 3.8) is 0 Å². The summed E-state index contributed by atoms with van der Waals surface area (Å²) in [6, 6.07) is 6.55. The second-order valence-corrected chi connectivity index (χ2v) is 7.69. The van der Waals surface area contributed by atoms with Crippen molar-refractivity contribution in [1.29, 1.82) is 0 Å². The van der Waals surface area contributed by atoms with Gasteiger partial charge in [-0.3, -0.25) is 0 Å². The topological polar surface area (TPSA) is 52.6 Å². The second kappa shape index (κ2) is 15.6. The van der Waals surface area contributed by atoms with Gasteiger partial charge in [-0.2, -0.15) is 0 Å². The summed E-state index contributed by atoms with van der Waals surface area (Å²) in [5.41, 5.74) is 0.441. The summed E-state index contributed by atoms with van der Waals surface area (Å²) in [4.78, 5) is 24.5. The van der Waals surface area contributed by atoms with Gasteiger partial charge < -0.3 is 9.47 Å². The quantitative estimate of drug-likeness (QED) is 0.225. The van der Waals surface area contributed by atoms with Gasteiger partial charge in [0.15, 0.2) is 6.61 Å². The molecule has 0 unspecified atom stereocenters. The molecule has 0 saturated heterocycles. The molecule has 0 aromatic heterocycles. The largest absolute Gasteiger partial charge is 0.462 e. The van der Waals surface area contributed by atoms with Crippen LogP contribution in [0.15, 0.2) is 24.3 Å². The summed E-state index contributed by atoms with van der Waals surface area (Å²) in [7, 11) is 0. The summed E-state index contributed by atoms with van der Waals surface area (Å²) in [6.45, 7) is 6.49. The fourth-order valence-electron chi connectivity index (χ4n) is 2.83. The Morgan fingerprint density at radius 3 is 1.97 bits per heavy atom. The van der Waals surface area contributed by atoms with Crippen LogP contribution >= 0.6 is 0 Å². The van der Waals surface area contributed by atoms with E-state index in [2.05, 4.69) is 18.8 Å². The average Bonchev–Trinajstić information content (AvgIpc) is 2.72. The molecule has 29 heavy (non-hydrogen) atoms. The minimum Gasteiger partial charge on any atom is -0.462 e. The number of rotatable bonds is 13. The monoisotopic (exact) mass is 400 g/mol. The lowest BCUT2D eigenvalue weighted by atomic mass is 10.1. The van der Waals surface area contributed by atoms with E-state index in [1.165, 1.54) is 44.9 Å². The van der Waals surface area contributed by atoms with E-state index in [-0.39, 0.29) is 23.7 Å². The highest BCUT2D eigenvalue weighted by molar-refractivity contribution is 6.03. The molecule has 1 rings (SSSR count). The van der Waals surface area contributed by atoms with Crippen molar-refractivity contribution >= 4 is 11.9 Å². The Hall–Kier alpha value is -2.28. The predicted molar refractivity (Wildman–Crippen MR) is 117 cm³/mol. The van der Waals surface area contributed by atoms with Gasteiger partial charge in [0, 0.05) is 6.42 Å². The molecule has 0 bridgehead atoms. The third kappa shape index (κ3) is 11.3. The molecule has 1 aromatic rings. The van der Waals surface area contributed by atoms with E-state index in [1.807, 2.05) is 13.8 Å². The summed E-state index contributed by atoms with van der Waals surface area (Å²) in [5.74, 6) is 5.11. The first-order valence-electron chi connectivity index (χ1n) is 10.9. The molecule has 0 aliphatic heterocycles. The van der Waals surface area contributed by atoms with Gasteiger partial charge in [-0.1, -0.05) is 89.7 Å². The molecule has 0 spiro atoms. The van der Waals surface area contributed by atoms with Crippen molar-refractivity contribution in [2.24, 2.45) is 5.92 Å². The molecular formula is C25H36O4. The minimum atomic E-state index is -0.552. The molecule has 0 atom stereocenters. The molecule has 160 valence electrons. The van der Waals surface area contributed by atoms with Gasteiger partial charge in [0.25, 0.3) is 0 Å². The van der Waals surface area contributed by atoms with Crippen molar-refractivity contribution < 1.29 is 19.1 Å². The fourth-order valence-corrected chi connectivity index (χ4v) is 2.83. The fraction of sp³-hybridized carbons (Fsp3) is 0.600. The number of ether oxygens (including phenoxy) is 2. The third-order valence-electron chi connectivity index (χ3n) is 4.47. The first-order chi connectivity index (χ1) is 14.1. The molecule has 4 heteroatoms. The summed E-state index contributed by atoms with van der Waals surface area (Å²) in [5, 5.41) is 0.